The Bertz CT molecular complexity index is 1140. The van der Waals surface area contributed by atoms with Crippen molar-refractivity contribution in [3.8, 4) is 11.5 Å². The lowest BCUT2D eigenvalue weighted by Crippen LogP contribution is -2.51. The molecule has 36 heavy (non-hydrogen) atoms. The quantitative estimate of drug-likeness (QED) is 0.491. The van der Waals surface area contributed by atoms with E-state index in [2.05, 4.69) is 9.88 Å². The second kappa shape index (κ2) is 11.5. The van der Waals surface area contributed by atoms with Crippen LogP contribution in [-0.2, 0) is 17.9 Å². The first-order chi connectivity index (χ1) is 17.3. The number of amides is 1. The van der Waals surface area contributed by atoms with Gasteiger partial charge < -0.3 is 24.0 Å². The zero-order chi connectivity index (χ0) is 25.5. The Kier molecular flexibility index (Phi) is 8.22. The van der Waals surface area contributed by atoms with Crippen molar-refractivity contribution in [1.82, 2.24) is 19.4 Å². The summed E-state index contributed by atoms with van der Waals surface area (Å²) in [7, 11) is 0. The molecule has 1 fully saturated rings. The van der Waals surface area contributed by atoms with Crippen LogP contribution in [0.4, 0.5) is 4.39 Å². The third kappa shape index (κ3) is 7.05. The molecule has 1 aromatic heterocycles. The number of hydrogen-bond acceptors (Lipinski definition) is 6. The molecule has 4 rings (SSSR count). The predicted octanol–water partition coefficient (Wildman–Crippen LogP) is 2.88. The largest absolute Gasteiger partial charge is 0.492 e. The molecule has 0 saturated carbocycles. The molecule has 1 saturated heterocycles. The highest BCUT2D eigenvalue weighted by Crippen LogP contribution is 2.21. The number of rotatable bonds is 9. The van der Waals surface area contributed by atoms with Gasteiger partial charge in [-0.1, -0.05) is 12.1 Å². The monoisotopic (exact) mass is 496 g/mol. The Labute approximate surface area is 210 Å². The van der Waals surface area contributed by atoms with Gasteiger partial charge in [0.1, 0.15) is 42.0 Å². The van der Waals surface area contributed by atoms with Crippen molar-refractivity contribution in [3.63, 3.8) is 0 Å². The third-order valence-electron chi connectivity index (χ3n) is 6.31. The molecule has 1 aliphatic rings. The number of halogens is 1. The maximum atomic E-state index is 13.2. The predicted molar refractivity (Wildman–Crippen MR) is 133 cm³/mol. The summed E-state index contributed by atoms with van der Waals surface area (Å²) in [4.78, 5) is 20.1. The summed E-state index contributed by atoms with van der Waals surface area (Å²) in [5.74, 6) is 1.77. The fraction of sp³-hybridized carbons (Fsp3) is 0.407. The SMILES string of the molecule is CC(=O)N1CCN(Cc2ccc(OCCn3ccnc3C)cc2)C[C@](O)(COc2ccc(F)cc2)C1. The number of carbonyl (C=O) groups excluding carboxylic acids is 1. The molecule has 2 aromatic carbocycles. The van der Waals surface area contributed by atoms with E-state index >= 15 is 0 Å². The number of imidazole rings is 1. The fourth-order valence-corrected chi connectivity index (χ4v) is 4.34. The highest BCUT2D eigenvalue weighted by Gasteiger charge is 2.36. The molecular formula is C27H33FN4O4. The van der Waals surface area contributed by atoms with Crippen LogP contribution in [0.5, 0.6) is 11.5 Å². The summed E-state index contributed by atoms with van der Waals surface area (Å²) in [6.45, 7) is 6.99. The molecule has 192 valence electrons. The van der Waals surface area contributed by atoms with Gasteiger partial charge in [0.25, 0.3) is 0 Å². The van der Waals surface area contributed by atoms with Crippen LogP contribution in [-0.4, -0.2) is 75.4 Å². The van der Waals surface area contributed by atoms with Crippen LogP contribution in [0.3, 0.4) is 0 Å². The summed E-state index contributed by atoms with van der Waals surface area (Å²) >= 11 is 0. The first kappa shape index (κ1) is 25.7. The molecular weight excluding hydrogens is 463 g/mol. The Hall–Kier alpha value is -3.43. The molecule has 9 heteroatoms. The van der Waals surface area contributed by atoms with E-state index in [-0.39, 0.29) is 24.9 Å². The summed E-state index contributed by atoms with van der Waals surface area (Å²) in [6, 6.07) is 13.6. The molecule has 1 N–H and O–H groups in total. The number of benzene rings is 2. The normalized spacial score (nSPS) is 18.6. The van der Waals surface area contributed by atoms with Crippen LogP contribution in [0.1, 0.15) is 18.3 Å². The van der Waals surface area contributed by atoms with Crippen LogP contribution in [0.25, 0.3) is 0 Å². The van der Waals surface area contributed by atoms with Crippen LogP contribution < -0.4 is 9.47 Å². The van der Waals surface area contributed by atoms with Crippen molar-refractivity contribution < 1.29 is 23.8 Å². The molecule has 1 aliphatic heterocycles. The molecule has 2 heterocycles. The molecule has 1 atom stereocenters. The van der Waals surface area contributed by atoms with E-state index < -0.39 is 5.60 Å². The van der Waals surface area contributed by atoms with Gasteiger partial charge in [-0.15, -0.1) is 0 Å². The lowest BCUT2D eigenvalue weighted by atomic mass is 10.0. The standard InChI is InChI=1S/C27H33FN4O4/c1-21-29-11-12-31(21)15-16-35-25-7-3-23(4-8-25)17-30-13-14-32(22(2)33)19-27(34,18-30)20-36-26-9-5-24(28)6-10-26/h3-12,34H,13-20H2,1-2H3/t27-/m1/s1. The fourth-order valence-electron chi connectivity index (χ4n) is 4.34. The number of nitrogens with zero attached hydrogens (tertiary/aromatic N) is 4. The first-order valence-corrected chi connectivity index (χ1v) is 12.1. The minimum absolute atomic E-state index is 0.0118. The van der Waals surface area contributed by atoms with Crippen LogP contribution >= 0.6 is 0 Å². The topological polar surface area (TPSA) is 80.1 Å². The molecule has 8 nitrogen and oxygen atoms in total. The summed E-state index contributed by atoms with van der Waals surface area (Å²) in [6.07, 6.45) is 3.71. The van der Waals surface area contributed by atoms with E-state index in [0.717, 1.165) is 23.7 Å². The Morgan fingerprint density at radius 1 is 1.06 bits per heavy atom. The van der Waals surface area contributed by atoms with Gasteiger partial charge in [0, 0.05) is 45.5 Å². The highest BCUT2D eigenvalue weighted by atomic mass is 19.1. The van der Waals surface area contributed by atoms with E-state index in [4.69, 9.17) is 9.47 Å². The van der Waals surface area contributed by atoms with E-state index in [0.29, 0.717) is 38.5 Å². The average Bonchev–Trinajstić information content (AvgIpc) is 3.18. The van der Waals surface area contributed by atoms with Crippen molar-refractivity contribution in [2.45, 2.75) is 32.5 Å². The summed E-state index contributed by atoms with van der Waals surface area (Å²) in [5.41, 5.74) is -0.198. The Balaban J connectivity index is 1.35. The first-order valence-electron chi connectivity index (χ1n) is 12.1. The van der Waals surface area contributed by atoms with Crippen LogP contribution in [0.15, 0.2) is 60.9 Å². The molecule has 0 radical (unpaired) electrons. The third-order valence-corrected chi connectivity index (χ3v) is 6.31. The van der Waals surface area contributed by atoms with Crippen LogP contribution in [0.2, 0.25) is 0 Å². The van der Waals surface area contributed by atoms with Crippen LogP contribution in [0, 0.1) is 12.7 Å². The second-order valence-corrected chi connectivity index (χ2v) is 9.28. The number of ether oxygens (including phenoxy) is 2. The van der Waals surface area contributed by atoms with Gasteiger partial charge in [-0.05, 0) is 48.9 Å². The second-order valence-electron chi connectivity index (χ2n) is 9.28. The number of β-amino-alcohol motifs (C(OH)–C–C–N with tert-alkyl or cyclic N) is 1. The van der Waals surface area contributed by atoms with Gasteiger partial charge in [0.05, 0.1) is 13.1 Å². The van der Waals surface area contributed by atoms with E-state index in [1.165, 1.54) is 31.2 Å². The number of hydrogen-bond donors (Lipinski definition) is 1. The molecule has 0 spiro atoms. The molecule has 3 aromatic rings. The van der Waals surface area contributed by atoms with E-state index in [1.54, 1.807) is 11.1 Å². The number of aryl methyl sites for hydroxylation is 1. The van der Waals surface area contributed by atoms with E-state index in [1.807, 2.05) is 42.0 Å². The highest BCUT2D eigenvalue weighted by molar-refractivity contribution is 5.73. The van der Waals surface area contributed by atoms with Gasteiger partial charge in [-0.2, -0.15) is 0 Å². The zero-order valence-corrected chi connectivity index (χ0v) is 20.8. The average molecular weight is 497 g/mol. The lowest BCUT2D eigenvalue weighted by Gasteiger charge is -2.32. The molecule has 0 unspecified atom stereocenters. The summed E-state index contributed by atoms with van der Waals surface area (Å²) in [5, 5.41) is 11.4. The smallest absolute Gasteiger partial charge is 0.219 e. The van der Waals surface area contributed by atoms with Gasteiger partial charge in [-0.25, -0.2) is 9.37 Å². The summed E-state index contributed by atoms with van der Waals surface area (Å²) < 4.78 is 26.9. The Morgan fingerprint density at radius 3 is 2.42 bits per heavy atom. The molecule has 0 aliphatic carbocycles. The van der Waals surface area contributed by atoms with Crippen molar-refractivity contribution in [3.05, 3.63) is 78.1 Å². The maximum absolute atomic E-state index is 13.2. The number of carbonyl (C=O) groups is 1. The van der Waals surface area contributed by atoms with Gasteiger partial charge in [0.15, 0.2) is 0 Å². The van der Waals surface area contributed by atoms with Crippen molar-refractivity contribution in [2.75, 3.05) is 39.4 Å². The van der Waals surface area contributed by atoms with Crippen molar-refractivity contribution in [1.29, 1.82) is 0 Å². The minimum Gasteiger partial charge on any atom is -0.492 e. The van der Waals surface area contributed by atoms with Crippen molar-refractivity contribution >= 4 is 5.91 Å². The number of aliphatic hydroxyl groups is 1. The maximum Gasteiger partial charge on any atom is 0.219 e. The minimum atomic E-state index is -1.27. The van der Waals surface area contributed by atoms with Gasteiger partial charge in [-0.3, -0.25) is 9.69 Å². The number of aromatic nitrogens is 2. The van der Waals surface area contributed by atoms with Gasteiger partial charge in [0.2, 0.25) is 5.91 Å². The zero-order valence-electron chi connectivity index (χ0n) is 20.8. The van der Waals surface area contributed by atoms with Crippen molar-refractivity contribution in [2.24, 2.45) is 0 Å². The van der Waals surface area contributed by atoms with Gasteiger partial charge >= 0.3 is 0 Å². The molecule has 0 bridgehead atoms. The Morgan fingerprint density at radius 2 is 1.75 bits per heavy atom. The van der Waals surface area contributed by atoms with E-state index in [9.17, 15) is 14.3 Å². The lowest BCUT2D eigenvalue weighted by molar-refractivity contribution is -0.132. The molecule has 1 amide bonds.